The number of allylic oxidation sites excluding steroid dienone is 2. The number of hydrogen-bond acceptors (Lipinski definition) is 4. The molecular formula is C39H73NO6. The van der Waals surface area contributed by atoms with Gasteiger partial charge in [0.1, 0.15) is 0 Å². The molecule has 0 aromatic rings. The Kier molecular flexibility index (Phi) is 31.7. The van der Waals surface area contributed by atoms with Crippen LogP contribution in [0, 0.1) is 0 Å². The van der Waals surface area contributed by atoms with E-state index in [0.29, 0.717) is 19.3 Å². The maximum atomic E-state index is 11.0. The molecule has 46 heavy (non-hydrogen) atoms. The molecule has 2 N–H and O–H groups in total. The molecule has 7 nitrogen and oxygen atoms in total. The monoisotopic (exact) mass is 652 g/mol. The first-order valence-electron chi connectivity index (χ1n) is 19.4. The molecule has 0 atom stereocenters. The number of quaternary nitrogens is 1. The molecule has 0 amide bonds. The van der Waals surface area contributed by atoms with E-state index >= 15 is 0 Å². The van der Waals surface area contributed by atoms with Crippen molar-refractivity contribution in [2.24, 2.45) is 0 Å². The Balaban J connectivity index is 4.20. The van der Waals surface area contributed by atoms with Crippen LogP contribution in [-0.4, -0.2) is 58.8 Å². The third kappa shape index (κ3) is 32.1. The van der Waals surface area contributed by atoms with Gasteiger partial charge in [0.15, 0.2) is 0 Å². The summed E-state index contributed by atoms with van der Waals surface area (Å²) in [6.45, 7) is 5.85. The van der Waals surface area contributed by atoms with Crippen molar-refractivity contribution in [3.05, 3.63) is 12.2 Å². The predicted molar refractivity (Wildman–Crippen MR) is 189 cm³/mol. The largest absolute Gasteiger partial charge is 0.550 e. The Morgan fingerprint density at radius 3 is 1.11 bits per heavy atom. The quantitative estimate of drug-likeness (QED) is 0.0393. The summed E-state index contributed by atoms with van der Waals surface area (Å²) in [6, 6.07) is 0. The summed E-state index contributed by atoms with van der Waals surface area (Å²) in [5.74, 6) is -2.57. The second-order valence-electron chi connectivity index (χ2n) is 13.8. The minimum absolute atomic E-state index is 0.0593. The van der Waals surface area contributed by atoms with Gasteiger partial charge in [-0.15, -0.1) is 0 Å². The summed E-state index contributed by atoms with van der Waals surface area (Å²) in [5.41, 5.74) is 0. The Bertz CT molecular complexity index is 698. The van der Waals surface area contributed by atoms with Crippen LogP contribution < -0.4 is 5.11 Å². The standard InChI is InChI=1S/C39H73NO6/c1-2-3-4-5-6-7-8-9-10-11-12-13-14-15-16-17-18-19-20-21-22-26-33-40(34-27-23-30-37(41)42,35-28-24-31-38(43)44)36-29-25-32-39(45)46/h18-19H,2-17,20-36H2,1H3,(H2-,41,42,43,44,45,46)/b19-18+. The molecule has 7 heteroatoms. The highest BCUT2D eigenvalue weighted by molar-refractivity contribution is 5.66. The zero-order valence-corrected chi connectivity index (χ0v) is 30.0. The molecule has 0 aliphatic rings. The van der Waals surface area contributed by atoms with Crippen LogP contribution in [0.2, 0.25) is 0 Å². The van der Waals surface area contributed by atoms with Gasteiger partial charge >= 0.3 is 11.9 Å². The maximum absolute atomic E-state index is 11.0. The van der Waals surface area contributed by atoms with Crippen molar-refractivity contribution in [1.29, 1.82) is 0 Å². The molecule has 0 bridgehead atoms. The Morgan fingerprint density at radius 1 is 0.457 bits per heavy atom. The van der Waals surface area contributed by atoms with Crippen molar-refractivity contribution in [3.63, 3.8) is 0 Å². The van der Waals surface area contributed by atoms with Crippen LogP contribution in [-0.2, 0) is 14.4 Å². The van der Waals surface area contributed by atoms with E-state index in [1.54, 1.807) is 0 Å². The number of aliphatic carboxylic acids is 3. The van der Waals surface area contributed by atoms with E-state index in [9.17, 15) is 19.5 Å². The Hall–Kier alpha value is -1.89. The molecule has 0 unspecified atom stereocenters. The van der Waals surface area contributed by atoms with Crippen molar-refractivity contribution in [1.82, 2.24) is 0 Å². The summed E-state index contributed by atoms with van der Waals surface area (Å²) >= 11 is 0. The number of carboxylic acids is 3. The van der Waals surface area contributed by atoms with E-state index in [4.69, 9.17) is 10.2 Å². The molecule has 0 radical (unpaired) electrons. The van der Waals surface area contributed by atoms with Crippen LogP contribution in [0.1, 0.15) is 193 Å². The number of carbonyl (C=O) groups is 3. The number of unbranched alkanes of at least 4 members (excludes halogenated alkanes) is 21. The molecule has 0 aromatic carbocycles. The molecule has 0 fully saturated rings. The number of nitrogens with zero attached hydrogens (tertiary/aromatic N) is 1. The van der Waals surface area contributed by atoms with Crippen LogP contribution in [0.15, 0.2) is 12.2 Å². The number of rotatable bonds is 37. The summed E-state index contributed by atoms with van der Waals surface area (Å²) in [6.07, 6.45) is 35.9. The van der Waals surface area contributed by atoms with Crippen LogP contribution in [0.4, 0.5) is 0 Å². The predicted octanol–water partition coefficient (Wildman–Crippen LogP) is 9.61. The van der Waals surface area contributed by atoms with E-state index in [2.05, 4.69) is 19.1 Å². The Labute approximate surface area is 283 Å². The third-order valence-electron chi connectivity index (χ3n) is 9.45. The molecule has 270 valence electrons. The summed E-state index contributed by atoms with van der Waals surface area (Å²) < 4.78 is 0.835. The summed E-state index contributed by atoms with van der Waals surface area (Å²) in [5, 5.41) is 29.0. The highest BCUT2D eigenvalue weighted by Crippen LogP contribution is 2.19. The van der Waals surface area contributed by atoms with Crippen LogP contribution in [0.3, 0.4) is 0 Å². The second kappa shape index (κ2) is 33.0. The van der Waals surface area contributed by atoms with Gasteiger partial charge in [0, 0.05) is 18.8 Å². The highest BCUT2D eigenvalue weighted by Gasteiger charge is 2.26. The number of hydrogen-bond donors (Lipinski definition) is 2. The lowest BCUT2D eigenvalue weighted by atomic mass is 10.0. The fraction of sp³-hybridized carbons (Fsp3) is 0.872. The molecule has 0 aliphatic heterocycles. The molecule has 0 aromatic heterocycles. The van der Waals surface area contributed by atoms with Gasteiger partial charge in [0.2, 0.25) is 0 Å². The van der Waals surface area contributed by atoms with Gasteiger partial charge in [-0.1, -0.05) is 109 Å². The number of carbonyl (C=O) groups excluding carboxylic acids is 1. The molecule has 0 aliphatic carbocycles. The fourth-order valence-electron chi connectivity index (χ4n) is 6.59. The van der Waals surface area contributed by atoms with Crippen LogP contribution in [0.25, 0.3) is 0 Å². The molecule has 0 heterocycles. The third-order valence-corrected chi connectivity index (χ3v) is 9.45. The normalized spacial score (nSPS) is 11.8. The van der Waals surface area contributed by atoms with Gasteiger partial charge in [-0.05, 0) is 83.5 Å². The number of carboxylic acid groups (broad SMARTS) is 3. The summed E-state index contributed by atoms with van der Waals surface area (Å²) in [7, 11) is 0. The van der Waals surface area contributed by atoms with E-state index < -0.39 is 17.9 Å². The second-order valence-corrected chi connectivity index (χ2v) is 13.8. The SMILES string of the molecule is CCCCCCCCCCCCCCCCC/C=C/CCCCC[N+](CCCCC(=O)[O-])(CCCCC(=O)O)CCCCC(=O)O. The smallest absolute Gasteiger partial charge is 0.303 e. The minimum atomic E-state index is -1.02. The van der Waals surface area contributed by atoms with Gasteiger partial charge in [-0.2, -0.15) is 0 Å². The zero-order chi connectivity index (χ0) is 34.0. The molecule has 0 spiro atoms. The molecule has 0 rings (SSSR count). The van der Waals surface area contributed by atoms with E-state index in [0.717, 1.165) is 75.6 Å². The molecule has 0 saturated heterocycles. The van der Waals surface area contributed by atoms with Crippen molar-refractivity contribution < 1.29 is 34.2 Å². The van der Waals surface area contributed by atoms with Gasteiger partial charge in [-0.3, -0.25) is 9.59 Å². The van der Waals surface area contributed by atoms with E-state index in [-0.39, 0.29) is 19.3 Å². The minimum Gasteiger partial charge on any atom is -0.550 e. The topological polar surface area (TPSA) is 115 Å². The van der Waals surface area contributed by atoms with Crippen molar-refractivity contribution in [3.8, 4) is 0 Å². The van der Waals surface area contributed by atoms with Crippen molar-refractivity contribution >= 4 is 17.9 Å². The van der Waals surface area contributed by atoms with E-state index in [1.807, 2.05) is 0 Å². The first-order chi connectivity index (χ1) is 22.3. The molecule has 0 saturated carbocycles. The first kappa shape index (κ1) is 44.1. The average Bonchev–Trinajstić information content (AvgIpc) is 3.02. The lowest BCUT2D eigenvalue weighted by molar-refractivity contribution is -0.929. The maximum Gasteiger partial charge on any atom is 0.303 e. The average molecular weight is 652 g/mol. The molecular weight excluding hydrogens is 578 g/mol. The van der Waals surface area contributed by atoms with E-state index in [1.165, 1.54) is 103 Å². The summed E-state index contributed by atoms with van der Waals surface area (Å²) in [4.78, 5) is 33.0. The van der Waals surface area contributed by atoms with Gasteiger partial charge in [0.25, 0.3) is 0 Å². The lowest BCUT2D eigenvalue weighted by Gasteiger charge is -2.39. The van der Waals surface area contributed by atoms with Crippen molar-refractivity contribution in [2.75, 3.05) is 26.2 Å². The first-order valence-corrected chi connectivity index (χ1v) is 19.4. The van der Waals surface area contributed by atoms with Crippen LogP contribution >= 0.6 is 0 Å². The fourth-order valence-corrected chi connectivity index (χ4v) is 6.59. The van der Waals surface area contributed by atoms with Gasteiger partial charge in [0.05, 0.1) is 26.2 Å². The van der Waals surface area contributed by atoms with Crippen molar-refractivity contribution in [2.45, 2.75) is 193 Å². The lowest BCUT2D eigenvalue weighted by Crippen LogP contribution is -2.51. The van der Waals surface area contributed by atoms with Crippen LogP contribution in [0.5, 0.6) is 0 Å². The highest BCUT2D eigenvalue weighted by atomic mass is 16.4. The van der Waals surface area contributed by atoms with Gasteiger partial charge < -0.3 is 24.6 Å². The van der Waals surface area contributed by atoms with Gasteiger partial charge in [-0.25, -0.2) is 0 Å². The Morgan fingerprint density at radius 2 is 0.761 bits per heavy atom. The zero-order valence-electron chi connectivity index (χ0n) is 30.0.